The number of carbonyl (C=O) groups excluding carboxylic acids is 1. The molecular formula is C25H30O7. The first kappa shape index (κ1) is 24.1. The monoisotopic (exact) mass is 442 g/mol. The first-order chi connectivity index (χ1) is 15.6. The van der Waals surface area contributed by atoms with Gasteiger partial charge in [-0.05, 0) is 18.1 Å². The topological polar surface area (TPSA) is 83.5 Å². The van der Waals surface area contributed by atoms with Gasteiger partial charge in [-0.1, -0.05) is 66.7 Å². The molecule has 1 fully saturated rings. The Balaban J connectivity index is 1.75. The highest BCUT2D eigenvalue weighted by Crippen LogP contribution is 2.28. The molecule has 0 amide bonds. The van der Waals surface area contributed by atoms with Crippen LogP contribution in [0, 0.1) is 0 Å². The summed E-state index contributed by atoms with van der Waals surface area (Å²) < 4.78 is 28.8. The lowest BCUT2D eigenvalue weighted by molar-refractivity contribution is -0.306. The molecule has 1 aliphatic heterocycles. The molecule has 0 aromatic heterocycles. The number of hydrogen-bond acceptors (Lipinski definition) is 7. The van der Waals surface area contributed by atoms with Gasteiger partial charge >= 0.3 is 5.97 Å². The van der Waals surface area contributed by atoms with Crippen molar-refractivity contribution in [3.05, 3.63) is 83.9 Å². The second kappa shape index (κ2) is 12.5. The summed E-state index contributed by atoms with van der Waals surface area (Å²) in [4.78, 5) is 12.2. The van der Waals surface area contributed by atoms with E-state index in [9.17, 15) is 9.90 Å². The fraction of sp³-hybridized carbons (Fsp3) is 0.400. The average Bonchev–Trinajstić information content (AvgIpc) is 2.82. The highest BCUT2D eigenvalue weighted by Gasteiger charge is 2.48. The molecule has 1 N–H and O–H groups in total. The van der Waals surface area contributed by atoms with Crippen LogP contribution in [0.5, 0.6) is 0 Å². The maximum Gasteiger partial charge on any atom is 0.330 e. The number of ether oxygens (including phenoxy) is 5. The van der Waals surface area contributed by atoms with Gasteiger partial charge in [0, 0.05) is 13.2 Å². The van der Waals surface area contributed by atoms with Crippen molar-refractivity contribution in [2.45, 2.75) is 50.8 Å². The van der Waals surface area contributed by atoms with Gasteiger partial charge in [-0.3, -0.25) is 0 Å². The number of carbonyl (C=O) groups is 1. The summed E-state index contributed by atoms with van der Waals surface area (Å²) in [7, 11) is 1.42. The smallest absolute Gasteiger partial charge is 0.330 e. The summed E-state index contributed by atoms with van der Waals surface area (Å²) in [5.41, 5.74) is 1.96. The van der Waals surface area contributed by atoms with Crippen LogP contribution in [0.15, 0.2) is 72.8 Å². The molecule has 0 radical (unpaired) electrons. The van der Waals surface area contributed by atoms with E-state index in [4.69, 9.17) is 23.7 Å². The molecule has 3 rings (SSSR count). The molecule has 0 spiro atoms. The van der Waals surface area contributed by atoms with Crippen LogP contribution in [0.2, 0.25) is 0 Å². The van der Waals surface area contributed by atoms with Crippen molar-refractivity contribution in [1.82, 2.24) is 0 Å². The molecule has 1 saturated heterocycles. The molecule has 2 aromatic carbocycles. The number of aliphatic hydroxyl groups is 1. The van der Waals surface area contributed by atoms with Gasteiger partial charge in [-0.15, -0.1) is 0 Å². The van der Waals surface area contributed by atoms with Crippen molar-refractivity contribution >= 4 is 5.97 Å². The molecule has 1 heterocycles. The van der Waals surface area contributed by atoms with Crippen LogP contribution in [0.4, 0.5) is 0 Å². The Kier molecular flexibility index (Phi) is 9.40. The van der Waals surface area contributed by atoms with E-state index in [2.05, 4.69) is 0 Å². The second-order valence-electron chi connectivity index (χ2n) is 7.43. The van der Waals surface area contributed by atoms with Gasteiger partial charge in [-0.25, -0.2) is 4.79 Å². The molecule has 0 unspecified atom stereocenters. The molecule has 0 saturated carbocycles. The summed E-state index contributed by atoms with van der Waals surface area (Å²) in [5.74, 6) is -0.578. The van der Waals surface area contributed by atoms with Crippen molar-refractivity contribution in [3.63, 3.8) is 0 Å². The molecule has 172 valence electrons. The Hall–Kier alpha value is -2.55. The Morgan fingerprint density at radius 2 is 1.62 bits per heavy atom. The van der Waals surface area contributed by atoms with Gasteiger partial charge in [0.2, 0.25) is 0 Å². The summed E-state index contributed by atoms with van der Waals surface area (Å²) in [6, 6.07) is 19.4. The van der Waals surface area contributed by atoms with E-state index in [1.807, 2.05) is 60.7 Å². The number of methoxy groups -OCH3 is 1. The summed E-state index contributed by atoms with van der Waals surface area (Å²) >= 11 is 0. The standard InChI is InChI=1S/C25H30O7/c1-3-10-21(26)32-24-22(27)25(28-2)31-20(17-29-15-18-11-6-4-7-12-18)23(24)30-16-19-13-8-5-9-14-19/h3-14,20,22-25,27H,15-17H2,1-2H3/b10-3+/t20-,22+,23-,24-,25+/m1/s1. The number of esters is 1. The third-order valence-corrected chi connectivity index (χ3v) is 5.08. The zero-order chi connectivity index (χ0) is 22.8. The Labute approximate surface area is 188 Å². The SMILES string of the molecule is C/C=C/C(=O)O[C@@H]1[C@H](O)[C@@H](OC)O[C@H](COCc2ccccc2)[C@H]1OCc1ccccc1. The zero-order valence-corrected chi connectivity index (χ0v) is 18.3. The lowest BCUT2D eigenvalue weighted by Gasteiger charge is -2.43. The fourth-order valence-electron chi connectivity index (χ4n) is 3.50. The van der Waals surface area contributed by atoms with Crippen LogP contribution in [0.3, 0.4) is 0 Å². The van der Waals surface area contributed by atoms with Gasteiger partial charge in [-0.2, -0.15) is 0 Å². The van der Waals surface area contributed by atoms with Gasteiger partial charge in [0.1, 0.15) is 18.3 Å². The number of benzene rings is 2. The van der Waals surface area contributed by atoms with Crippen molar-refractivity contribution in [2.24, 2.45) is 0 Å². The number of hydrogen-bond donors (Lipinski definition) is 1. The maximum atomic E-state index is 12.2. The molecule has 1 aliphatic rings. The minimum Gasteiger partial charge on any atom is -0.453 e. The Morgan fingerprint density at radius 1 is 1.00 bits per heavy atom. The van der Waals surface area contributed by atoms with Crippen LogP contribution < -0.4 is 0 Å². The number of aliphatic hydroxyl groups excluding tert-OH is 1. The van der Waals surface area contributed by atoms with Gasteiger partial charge < -0.3 is 28.8 Å². The summed E-state index contributed by atoms with van der Waals surface area (Å²) in [6.07, 6.45) is -1.73. The second-order valence-corrected chi connectivity index (χ2v) is 7.43. The Bertz CT molecular complexity index is 840. The van der Waals surface area contributed by atoms with Gasteiger partial charge in [0.05, 0.1) is 19.8 Å². The van der Waals surface area contributed by atoms with Crippen molar-refractivity contribution in [2.75, 3.05) is 13.7 Å². The zero-order valence-electron chi connectivity index (χ0n) is 18.3. The maximum absolute atomic E-state index is 12.2. The predicted octanol–water partition coefficient (Wildman–Crippen LogP) is 3.01. The minimum absolute atomic E-state index is 0.165. The summed E-state index contributed by atoms with van der Waals surface area (Å²) in [5, 5.41) is 10.8. The Morgan fingerprint density at radius 3 is 2.22 bits per heavy atom. The molecular weight excluding hydrogens is 412 g/mol. The fourth-order valence-corrected chi connectivity index (χ4v) is 3.50. The third-order valence-electron chi connectivity index (χ3n) is 5.08. The minimum atomic E-state index is -1.22. The lowest BCUT2D eigenvalue weighted by atomic mass is 9.98. The van der Waals surface area contributed by atoms with Crippen LogP contribution in [0.1, 0.15) is 18.1 Å². The molecule has 32 heavy (non-hydrogen) atoms. The molecule has 0 bridgehead atoms. The number of allylic oxidation sites excluding steroid dienone is 1. The van der Waals surface area contributed by atoms with Crippen LogP contribution >= 0.6 is 0 Å². The highest BCUT2D eigenvalue weighted by atomic mass is 16.7. The van der Waals surface area contributed by atoms with Gasteiger partial charge in [0.25, 0.3) is 0 Å². The van der Waals surface area contributed by atoms with Crippen LogP contribution in [-0.4, -0.2) is 55.5 Å². The molecule has 2 aromatic rings. The molecule has 7 nitrogen and oxygen atoms in total. The molecule has 7 heteroatoms. The molecule has 0 aliphatic carbocycles. The predicted molar refractivity (Wildman–Crippen MR) is 117 cm³/mol. The normalized spacial score (nSPS) is 25.7. The first-order valence-electron chi connectivity index (χ1n) is 10.6. The third kappa shape index (κ3) is 6.72. The lowest BCUT2D eigenvalue weighted by Crippen LogP contribution is -2.61. The van der Waals surface area contributed by atoms with E-state index in [1.165, 1.54) is 13.2 Å². The summed E-state index contributed by atoms with van der Waals surface area (Å²) in [6.45, 7) is 2.52. The van der Waals surface area contributed by atoms with E-state index in [1.54, 1.807) is 13.0 Å². The largest absolute Gasteiger partial charge is 0.453 e. The number of rotatable bonds is 10. The van der Waals surface area contributed by atoms with Crippen LogP contribution in [0.25, 0.3) is 0 Å². The average molecular weight is 443 g/mol. The van der Waals surface area contributed by atoms with Gasteiger partial charge in [0.15, 0.2) is 12.4 Å². The van der Waals surface area contributed by atoms with E-state index in [-0.39, 0.29) is 13.2 Å². The first-order valence-corrected chi connectivity index (χ1v) is 10.6. The van der Waals surface area contributed by atoms with Crippen molar-refractivity contribution in [3.8, 4) is 0 Å². The quantitative estimate of drug-likeness (QED) is 0.447. The van der Waals surface area contributed by atoms with E-state index in [0.29, 0.717) is 6.61 Å². The van der Waals surface area contributed by atoms with Crippen LogP contribution in [-0.2, 0) is 41.7 Å². The molecule has 5 atom stereocenters. The van der Waals surface area contributed by atoms with E-state index in [0.717, 1.165) is 11.1 Å². The van der Waals surface area contributed by atoms with Crippen molar-refractivity contribution in [1.29, 1.82) is 0 Å². The van der Waals surface area contributed by atoms with E-state index >= 15 is 0 Å². The van der Waals surface area contributed by atoms with E-state index < -0.39 is 36.7 Å². The van der Waals surface area contributed by atoms with Crippen molar-refractivity contribution < 1.29 is 33.6 Å². The highest BCUT2D eigenvalue weighted by molar-refractivity contribution is 5.82.